The highest BCUT2D eigenvalue weighted by molar-refractivity contribution is 9.10. The predicted octanol–water partition coefficient (Wildman–Crippen LogP) is 3.99. The van der Waals surface area contributed by atoms with Gasteiger partial charge < -0.3 is 10.4 Å². The summed E-state index contributed by atoms with van der Waals surface area (Å²) in [5.41, 5.74) is 0.0833. The van der Waals surface area contributed by atoms with E-state index in [0.717, 1.165) is 0 Å². The first-order chi connectivity index (χ1) is 9.40. The van der Waals surface area contributed by atoms with Crippen LogP contribution in [-0.4, -0.2) is 22.6 Å². The van der Waals surface area contributed by atoms with E-state index in [4.69, 9.17) is 0 Å². The third-order valence-electron chi connectivity index (χ3n) is 2.97. The van der Waals surface area contributed by atoms with Gasteiger partial charge in [0.2, 0.25) is 0 Å². The molecule has 0 bridgehead atoms. The van der Waals surface area contributed by atoms with Crippen molar-refractivity contribution in [2.24, 2.45) is 0 Å². The van der Waals surface area contributed by atoms with Crippen LogP contribution in [0.4, 0.5) is 5.82 Å². The molecule has 0 atom stereocenters. The Balaban J connectivity index is 2.17. The van der Waals surface area contributed by atoms with Crippen LogP contribution >= 0.6 is 27.3 Å². The van der Waals surface area contributed by atoms with Gasteiger partial charge >= 0.3 is 5.97 Å². The predicted molar refractivity (Wildman–Crippen MR) is 84.7 cm³/mol. The van der Waals surface area contributed by atoms with Crippen molar-refractivity contribution in [2.45, 2.75) is 19.3 Å². The van der Waals surface area contributed by atoms with Crippen molar-refractivity contribution in [1.29, 1.82) is 0 Å². The number of carboxylic acids is 1. The van der Waals surface area contributed by atoms with Gasteiger partial charge in [-0.25, -0.2) is 9.78 Å². The molecular formula is C14H15BrN2O2S. The Morgan fingerprint density at radius 1 is 1.55 bits per heavy atom. The number of aromatic nitrogens is 1. The molecule has 0 spiro atoms. The number of pyridine rings is 1. The second-order valence-corrected chi connectivity index (χ2v) is 6.93. The molecule has 2 aromatic heterocycles. The van der Waals surface area contributed by atoms with Crippen LogP contribution in [0.25, 0.3) is 0 Å². The summed E-state index contributed by atoms with van der Waals surface area (Å²) >= 11 is 4.93. The number of hydrogen-bond donors (Lipinski definition) is 2. The Kier molecular flexibility index (Phi) is 4.45. The van der Waals surface area contributed by atoms with E-state index >= 15 is 0 Å². The molecule has 0 aliphatic carbocycles. The van der Waals surface area contributed by atoms with Crippen LogP contribution in [0.3, 0.4) is 0 Å². The van der Waals surface area contributed by atoms with Gasteiger partial charge in [-0.2, -0.15) is 0 Å². The Hall–Kier alpha value is -1.40. The Labute approximate surface area is 130 Å². The number of hydrogen-bond acceptors (Lipinski definition) is 4. The van der Waals surface area contributed by atoms with Crippen LogP contribution in [0.1, 0.15) is 29.1 Å². The minimum Gasteiger partial charge on any atom is -0.478 e. The van der Waals surface area contributed by atoms with Gasteiger partial charge in [0.05, 0.1) is 0 Å². The molecule has 0 aliphatic heterocycles. The van der Waals surface area contributed by atoms with Gasteiger partial charge in [0, 0.05) is 27.5 Å². The fourth-order valence-corrected chi connectivity index (χ4v) is 2.98. The van der Waals surface area contributed by atoms with Crippen LogP contribution in [0.2, 0.25) is 0 Å². The third kappa shape index (κ3) is 3.37. The quantitative estimate of drug-likeness (QED) is 0.851. The lowest BCUT2D eigenvalue weighted by atomic mass is 9.91. The van der Waals surface area contributed by atoms with E-state index in [0.29, 0.717) is 16.8 Å². The van der Waals surface area contributed by atoms with E-state index < -0.39 is 5.97 Å². The first-order valence-corrected chi connectivity index (χ1v) is 7.74. The van der Waals surface area contributed by atoms with Crippen molar-refractivity contribution in [1.82, 2.24) is 4.98 Å². The summed E-state index contributed by atoms with van der Waals surface area (Å²) in [6.07, 6.45) is 1.59. The molecule has 0 unspecified atom stereocenters. The van der Waals surface area contributed by atoms with E-state index in [1.807, 2.05) is 11.4 Å². The van der Waals surface area contributed by atoms with E-state index in [9.17, 15) is 9.90 Å². The Morgan fingerprint density at radius 2 is 2.30 bits per heavy atom. The Morgan fingerprint density at radius 3 is 2.90 bits per heavy atom. The molecule has 2 N–H and O–H groups in total. The minimum atomic E-state index is -0.991. The zero-order chi connectivity index (χ0) is 14.8. The highest BCUT2D eigenvalue weighted by Crippen LogP contribution is 2.28. The van der Waals surface area contributed by atoms with Gasteiger partial charge in [0.15, 0.2) is 0 Å². The summed E-state index contributed by atoms with van der Waals surface area (Å²) in [6, 6.07) is 5.65. The molecule has 0 amide bonds. The first kappa shape index (κ1) is 15.0. The zero-order valence-corrected chi connectivity index (χ0v) is 13.6. The largest absolute Gasteiger partial charge is 0.478 e. The number of carbonyl (C=O) groups is 1. The van der Waals surface area contributed by atoms with E-state index in [1.54, 1.807) is 23.6 Å². The fraction of sp³-hybridized carbons (Fsp3) is 0.286. The average molecular weight is 355 g/mol. The normalized spacial score (nSPS) is 11.3. The maximum Gasteiger partial charge on any atom is 0.339 e. The summed E-state index contributed by atoms with van der Waals surface area (Å²) in [5, 5.41) is 14.4. The molecule has 20 heavy (non-hydrogen) atoms. The molecule has 0 radical (unpaired) electrons. The topological polar surface area (TPSA) is 62.2 Å². The standard InChI is InChI=1S/C14H15BrN2O2S/c1-14(2,11-4-3-5-20-11)8-17-12-10(13(18)19)6-9(15)7-16-12/h3-7H,8H2,1-2H3,(H,16,17)(H,18,19). The van der Waals surface area contributed by atoms with Crippen molar-refractivity contribution in [3.05, 3.63) is 44.7 Å². The third-order valence-corrected chi connectivity index (χ3v) is 4.64. The lowest BCUT2D eigenvalue weighted by Gasteiger charge is -2.24. The molecule has 2 aromatic rings. The summed E-state index contributed by atoms with van der Waals surface area (Å²) in [6.45, 7) is 4.85. The lowest BCUT2D eigenvalue weighted by Crippen LogP contribution is -2.27. The van der Waals surface area contributed by atoms with Crippen LogP contribution < -0.4 is 5.32 Å². The molecule has 2 heterocycles. The van der Waals surface area contributed by atoms with Gasteiger partial charge in [-0.3, -0.25) is 0 Å². The van der Waals surface area contributed by atoms with Gasteiger partial charge in [0.25, 0.3) is 0 Å². The molecule has 6 heteroatoms. The summed E-state index contributed by atoms with van der Waals surface area (Å²) in [5.74, 6) is -0.597. The fourth-order valence-electron chi connectivity index (χ4n) is 1.80. The van der Waals surface area contributed by atoms with Gasteiger partial charge in [-0.1, -0.05) is 19.9 Å². The lowest BCUT2D eigenvalue weighted by molar-refractivity contribution is 0.0697. The van der Waals surface area contributed by atoms with Gasteiger partial charge in [-0.15, -0.1) is 11.3 Å². The smallest absolute Gasteiger partial charge is 0.339 e. The van der Waals surface area contributed by atoms with E-state index in [-0.39, 0.29) is 11.0 Å². The number of carboxylic acid groups (broad SMARTS) is 1. The van der Waals surface area contributed by atoms with Crippen LogP contribution in [0.15, 0.2) is 34.2 Å². The molecule has 0 aromatic carbocycles. The highest BCUT2D eigenvalue weighted by Gasteiger charge is 2.22. The monoisotopic (exact) mass is 354 g/mol. The van der Waals surface area contributed by atoms with Crippen LogP contribution in [0, 0.1) is 0 Å². The minimum absolute atomic E-state index is 0.0846. The highest BCUT2D eigenvalue weighted by atomic mass is 79.9. The molecule has 2 rings (SSSR count). The summed E-state index contributed by atoms with van der Waals surface area (Å²) < 4.78 is 0.651. The number of nitrogens with zero attached hydrogens (tertiary/aromatic N) is 1. The Bertz CT molecular complexity index is 612. The molecule has 4 nitrogen and oxygen atoms in total. The van der Waals surface area contributed by atoms with Crippen molar-refractivity contribution < 1.29 is 9.90 Å². The van der Waals surface area contributed by atoms with Gasteiger partial charge in [0.1, 0.15) is 11.4 Å². The first-order valence-electron chi connectivity index (χ1n) is 6.07. The number of nitrogens with one attached hydrogen (secondary N) is 1. The molecule has 0 saturated carbocycles. The number of anilines is 1. The maximum absolute atomic E-state index is 11.2. The van der Waals surface area contributed by atoms with Crippen molar-refractivity contribution in [3.8, 4) is 0 Å². The molecule has 0 aliphatic rings. The van der Waals surface area contributed by atoms with E-state index in [1.165, 1.54) is 4.88 Å². The second-order valence-electron chi connectivity index (χ2n) is 5.07. The summed E-state index contributed by atoms with van der Waals surface area (Å²) in [7, 11) is 0. The SMILES string of the molecule is CC(C)(CNc1ncc(Br)cc1C(=O)O)c1cccs1. The summed E-state index contributed by atoms with van der Waals surface area (Å²) in [4.78, 5) is 16.6. The van der Waals surface area contributed by atoms with Crippen LogP contribution in [0.5, 0.6) is 0 Å². The van der Waals surface area contributed by atoms with Crippen molar-refractivity contribution in [2.75, 3.05) is 11.9 Å². The van der Waals surface area contributed by atoms with Gasteiger partial charge in [-0.05, 0) is 33.4 Å². The molecular weight excluding hydrogens is 340 g/mol. The van der Waals surface area contributed by atoms with Crippen molar-refractivity contribution >= 4 is 39.1 Å². The van der Waals surface area contributed by atoms with Crippen molar-refractivity contribution in [3.63, 3.8) is 0 Å². The number of aromatic carboxylic acids is 1. The number of halogens is 1. The molecule has 0 fully saturated rings. The van der Waals surface area contributed by atoms with Crippen LogP contribution in [-0.2, 0) is 5.41 Å². The second kappa shape index (κ2) is 5.93. The molecule has 106 valence electrons. The average Bonchev–Trinajstić information content (AvgIpc) is 2.91. The number of rotatable bonds is 5. The van der Waals surface area contributed by atoms with E-state index in [2.05, 4.69) is 46.1 Å². The maximum atomic E-state index is 11.2. The molecule has 0 saturated heterocycles. The number of thiophene rings is 1. The zero-order valence-electron chi connectivity index (χ0n) is 11.2.